The van der Waals surface area contributed by atoms with E-state index in [1.165, 1.54) is 0 Å². The van der Waals surface area contributed by atoms with Gasteiger partial charge >= 0.3 is 0 Å². The third-order valence-corrected chi connectivity index (χ3v) is 3.55. The van der Waals surface area contributed by atoms with Crippen molar-refractivity contribution in [2.24, 2.45) is 0 Å². The molecule has 0 radical (unpaired) electrons. The molecule has 1 amide bonds. The maximum absolute atomic E-state index is 12.0. The van der Waals surface area contributed by atoms with Crippen LogP contribution < -0.4 is 5.32 Å². The zero-order valence-corrected chi connectivity index (χ0v) is 12.0. The predicted molar refractivity (Wildman–Crippen MR) is 77.2 cm³/mol. The van der Waals surface area contributed by atoms with Crippen molar-refractivity contribution in [3.8, 4) is 0 Å². The van der Waals surface area contributed by atoms with E-state index in [0.717, 1.165) is 31.5 Å². The minimum Gasteiger partial charge on any atom is -0.378 e. The molecule has 0 aliphatic carbocycles. The second-order valence-corrected chi connectivity index (χ2v) is 5.18. The van der Waals surface area contributed by atoms with Crippen molar-refractivity contribution in [2.75, 3.05) is 26.7 Å². The maximum atomic E-state index is 12.0. The van der Waals surface area contributed by atoms with E-state index in [0.29, 0.717) is 25.7 Å². The van der Waals surface area contributed by atoms with E-state index in [1.807, 2.05) is 19.2 Å². The van der Waals surface area contributed by atoms with Crippen LogP contribution in [-0.4, -0.2) is 48.6 Å². The molecule has 1 aromatic heterocycles. The highest BCUT2D eigenvalue weighted by molar-refractivity contribution is 5.75. The molecule has 1 saturated heterocycles. The summed E-state index contributed by atoms with van der Waals surface area (Å²) in [5.41, 5.74) is 1.09. The van der Waals surface area contributed by atoms with Crippen molar-refractivity contribution in [3.05, 3.63) is 30.1 Å². The summed E-state index contributed by atoms with van der Waals surface area (Å²) in [6, 6.07) is 3.85. The number of rotatable bonds is 6. The van der Waals surface area contributed by atoms with Gasteiger partial charge in [0.1, 0.15) is 0 Å². The molecule has 0 bridgehead atoms. The Bertz CT molecular complexity index is 405. The van der Waals surface area contributed by atoms with Gasteiger partial charge in [0.05, 0.1) is 19.1 Å². The Morgan fingerprint density at radius 2 is 2.10 bits per heavy atom. The summed E-state index contributed by atoms with van der Waals surface area (Å²) < 4.78 is 5.76. The first-order valence-corrected chi connectivity index (χ1v) is 7.21. The van der Waals surface area contributed by atoms with Crippen LogP contribution in [-0.2, 0) is 16.1 Å². The van der Waals surface area contributed by atoms with Gasteiger partial charge in [-0.3, -0.25) is 9.78 Å². The Kier molecular flexibility index (Phi) is 5.95. The number of carbonyl (C=O) groups is 1. The van der Waals surface area contributed by atoms with Gasteiger partial charge in [0.2, 0.25) is 5.91 Å². The molecule has 5 heteroatoms. The number of aromatic nitrogens is 1. The minimum atomic E-state index is 0.121. The fraction of sp³-hybridized carbons (Fsp3) is 0.600. The van der Waals surface area contributed by atoms with Gasteiger partial charge in [0.25, 0.3) is 0 Å². The molecule has 1 aliphatic heterocycles. The van der Waals surface area contributed by atoms with Crippen LogP contribution in [0.1, 0.15) is 24.8 Å². The first-order valence-electron chi connectivity index (χ1n) is 7.21. The van der Waals surface area contributed by atoms with Gasteiger partial charge in [-0.05, 0) is 43.6 Å². The van der Waals surface area contributed by atoms with Gasteiger partial charge in [-0.2, -0.15) is 0 Å². The Morgan fingerprint density at radius 3 is 2.80 bits per heavy atom. The van der Waals surface area contributed by atoms with E-state index < -0.39 is 0 Å². The Balaban J connectivity index is 1.66. The second kappa shape index (κ2) is 7.97. The van der Waals surface area contributed by atoms with Crippen LogP contribution in [0.15, 0.2) is 24.5 Å². The van der Waals surface area contributed by atoms with Gasteiger partial charge < -0.3 is 15.0 Å². The molecule has 1 aliphatic rings. The molecule has 0 saturated carbocycles. The fourth-order valence-corrected chi connectivity index (χ4v) is 2.32. The highest BCUT2D eigenvalue weighted by Crippen LogP contribution is 2.08. The zero-order valence-electron chi connectivity index (χ0n) is 12.0. The lowest BCUT2D eigenvalue weighted by atomic mass is 10.1. The van der Waals surface area contributed by atoms with Crippen LogP contribution in [0.3, 0.4) is 0 Å². The lowest BCUT2D eigenvalue weighted by Crippen LogP contribution is -2.33. The topological polar surface area (TPSA) is 54.5 Å². The molecular formula is C15H23N3O2. The summed E-state index contributed by atoms with van der Waals surface area (Å²) in [6.07, 6.45) is 6.34. The van der Waals surface area contributed by atoms with Gasteiger partial charge in [0, 0.05) is 26.0 Å². The van der Waals surface area contributed by atoms with E-state index in [1.54, 1.807) is 17.3 Å². The van der Waals surface area contributed by atoms with Crippen molar-refractivity contribution < 1.29 is 9.53 Å². The highest BCUT2D eigenvalue weighted by atomic mass is 16.5. The smallest absolute Gasteiger partial charge is 0.224 e. The van der Waals surface area contributed by atoms with Crippen molar-refractivity contribution >= 4 is 5.91 Å². The van der Waals surface area contributed by atoms with Crippen LogP contribution >= 0.6 is 0 Å². The molecule has 1 N–H and O–H groups in total. The van der Waals surface area contributed by atoms with Gasteiger partial charge in [-0.15, -0.1) is 0 Å². The first-order chi connectivity index (χ1) is 9.75. The predicted octanol–water partition coefficient (Wildman–Crippen LogP) is 1.20. The summed E-state index contributed by atoms with van der Waals surface area (Å²) in [7, 11) is 1.83. The lowest BCUT2D eigenvalue weighted by molar-refractivity contribution is -0.132. The number of amides is 1. The van der Waals surface area contributed by atoms with E-state index in [-0.39, 0.29) is 5.91 Å². The first kappa shape index (κ1) is 14.9. The average Bonchev–Trinajstić information content (AvgIpc) is 2.49. The summed E-state index contributed by atoms with van der Waals surface area (Å²) >= 11 is 0. The van der Waals surface area contributed by atoms with Crippen molar-refractivity contribution in [2.45, 2.75) is 31.9 Å². The summed E-state index contributed by atoms with van der Waals surface area (Å²) in [5, 5.41) is 3.30. The molecule has 0 aromatic carbocycles. The lowest BCUT2D eigenvalue weighted by Gasteiger charge is -2.23. The van der Waals surface area contributed by atoms with Crippen molar-refractivity contribution in [1.29, 1.82) is 0 Å². The molecule has 0 atom stereocenters. The maximum Gasteiger partial charge on any atom is 0.224 e. The quantitative estimate of drug-likeness (QED) is 0.849. The van der Waals surface area contributed by atoms with Gasteiger partial charge in [-0.25, -0.2) is 0 Å². The molecule has 1 aromatic rings. The van der Waals surface area contributed by atoms with E-state index in [9.17, 15) is 4.79 Å². The average molecular weight is 277 g/mol. The Morgan fingerprint density at radius 1 is 1.40 bits per heavy atom. The third-order valence-electron chi connectivity index (χ3n) is 3.55. The van der Waals surface area contributed by atoms with Gasteiger partial charge in [0.15, 0.2) is 0 Å². The van der Waals surface area contributed by atoms with E-state index in [4.69, 9.17) is 4.74 Å². The van der Waals surface area contributed by atoms with Crippen molar-refractivity contribution in [1.82, 2.24) is 15.2 Å². The Labute approximate surface area is 120 Å². The van der Waals surface area contributed by atoms with Crippen LogP contribution in [0.25, 0.3) is 0 Å². The monoisotopic (exact) mass is 277 g/mol. The Hall–Kier alpha value is -1.46. The minimum absolute atomic E-state index is 0.121. The molecule has 0 unspecified atom stereocenters. The van der Waals surface area contributed by atoms with Crippen LogP contribution in [0, 0.1) is 0 Å². The summed E-state index contributed by atoms with van der Waals surface area (Å²) in [4.78, 5) is 17.7. The number of nitrogens with zero attached hydrogens (tertiary/aromatic N) is 2. The molecule has 5 nitrogen and oxygen atoms in total. The normalized spacial score (nSPS) is 16.1. The SMILES string of the molecule is CN(Cc1ccncc1)C(=O)CCOC1CCNCC1. The molecule has 110 valence electrons. The summed E-state index contributed by atoms with van der Waals surface area (Å²) in [5.74, 6) is 0.121. The van der Waals surface area contributed by atoms with Crippen molar-refractivity contribution in [3.63, 3.8) is 0 Å². The van der Waals surface area contributed by atoms with Crippen LogP contribution in [0.5, 0.6) is 0 Å². The number of pyridine rings is 1. The number of hydrogen-bond acceptors (Lipinski definition) is 4. The summed E-state index contributed by atoms with van der Waals surface area (Å²) in [6.45, 7) is 3.17. The number of carbonyl (C=O) groups excluding carboxylic acids is 1. The van der Waals surface area contributed by atoms with Crippen LogP contribution in [0.4, 0.5) is 0 Å². The molecule has 2 heterocycles. The molecule has 2 rings (SSSR count). The van der Waals surface area contributed by atoms with Crippen LogP contribution in [0.2, 0.25) is 0 Å². The highest BCUT2D eigenvalue weighted by Gasteiger charge is 2.14. The standard InChI is InChI=1S/C15H23N3O2/c1-18(12-13-2-7-16-8-3-13)15(19)6-11-20-14-4-9-17-10-5-14/h2-3,7-8,14,17H,4-6,9-12H2,1H3. The largest absolute Gasteiger partial charge is 0.378 e. The molecule has 0 spiro atoms. The molecular weight excluding hydrogens is 254 g/mol. The number of ether oxygens (including phenoxy) is 1. The number of piperidine rings is 1. The second-order valence-electron chi connectivity index (χ2n) is 5.18. The third kappa shape index (κ3) is 4.90. The van der Waals surface area contributed by atoms with E-state index in [2.05, 4.69) is 10.3 Å². The fourth-order valence-electron chi connectivity index (χ4n) is 2.32. The molecule has 1 fully saturated rings. The number of nitrogens with one attached hydrogen (secondary N) is 1. The zero-order chi connectivity index (χ0) is 14.2. The van der Waals surface area contributed by atoms with E-state index >= 15 is 0 Å². The number of hydrogen-bond donors (Lipinski definition) is 1. The van der Waals surface area contributed by atoms with Gasteiger partial charge in [-0.1, -0.05) is 0 Å². The molecule has 20 heavy (non-hydrogen) atoms.